The maximum absolute atomic E-state index is 12.4. The molecular weight excluding hydrogens is 699 g/mol. The van der Waals surface area contributed by atoms with E-state index in [-0.39, 0.29) is 12.5 Å². The quantitative estimate of drug-likeness (QED) is 0.0424. The molecule has 0 aromatic rings. The van der Waals surface area contributed by atoms with E-state index in [1.165, 1.54) is 231 Å². The van der Waals surface area contributed by atoms with E-state index in [1.54, 1.807) is 6.08 Å². The molecule has 2 unspecified atom stereocenters. The average Bonchev–Trinajstić information content (AvgIpc) is 3.22. The van der Waals surface area contributed by atoms with Crippen LogP contribution in [0.15, 0.2) is 24.3 Å². The van der Waals surface area contributed by atoms with E-state index in [9.17, 15) is 15.0 Å². The van der Waals surface area contributed by atoms with Gasteiger partial charge in [0, 0.05) is 6.42 Å². The van der Waals surface area contributed by atoms with Gasteiger partial charge in [0.05, 0.1) is 18.8 Å². The van der Waals surface area contributed by atoms with E-state index in [0.29, 0.717) is 6.42 Å². The standard InChI is InChI=1S/C53H103NO3/c1-3-5-7-9-11-13-15-17-18-19-20-21-22-23-24-25-26-27-28-29-30-31-32-33-34-35-36-37-38-40-42-44-46-48-52(56)51(50-55)54-53(57)49-47-45-43-41-39-16-14-12-10-8-6-4-2/h12,14,46,48,51-52,55-56H,3-11,13,15-45,47,49-50H2,1-2H3,(H,54,57)/b14-12-,48-46+. The molecule has 1 amide bonds. The summed E-state index contributed by atoms with van der Waals surface area (Å²) in [4.78, 5) is 12.4. The summed E-state index contributed by atoms with van der Waals surface area (Å²) in [5, 5.41) is 23.0. The molecule has 0 fully saturated rings. The Morgan fingerprint density at radius 3 is 1.00 bits per heavy atom. The molecule has 3 N–H and O–H groups in total. The van der Waals surface area contributed by atoms with Crippen molar-refractivity contribution in [1.82, 2.24) is 5.32 Å². The zero-order chi connectivity index (χ0) is 41.4. The Labute approximate surface area is 358 Å². The van der Waals surface area contributed by atoms with Crippen molar-refractivity contribution in [3.05, 3.63) is 24.3 Å². The predicted molar refractivity (Wildman–Crippen MR) is 253 cm³/mol. The van der Waals surface area contributed by atoms with Crippen LogP contribution >= 0.6 is 0 Å². The largest absolute Gasteiger partial charge is 0.394 e. The molecule has 0 aliphatic rings. The highest BCUT2D eigenvalue weighted by Crippen LogP contribution is 2.17. The van der Waals surface area contributed by atoms with Crippen molar-refractivity contribution in [3.8, 4) is 0 Å². The number of allylic oxidation sites excluding steroid dienone is 3. The van der Waals surface area contributed by atoms with Crippen LogP contribution < -0.4 is 5.32 Å². The lowest BCUT2D eigenvalue weighted by Crippen LogP contribution is -2.45. The lowest BCUT2D eigenvalue weighted by atomic mass is 10.0. The fourth-order valence-corrected chi connectivity index (χ4v) is 8.18. The van der Waals surface area contributed by atoms with Crippen LogP contribution in [0.5, 0.6) is 0 Å². The van der Waals surface area contributed by atoms with Crippen LogP contribution in [0.1, 0.15) is 290 Å². The van der Waals surface area contributed by atoms with Crippen LogP contribution in [0.25, 0.3) is 0 Å². The molecule has 0 aromatic heterocycles. The minimum Gasteiger partial charge on any atom is -0.394 e. The fourth-order valence-electron chi connectivity index (χ4n) is 8.18. The Kier molecular flexibility index (Phi) is 48.3. The van der Waals surface area contributed by atoms with Gasteiger partial charge in [0.15, 0.2) is 0 Å². The number of nitrogens with one attached hydrogen (secondary N) is 1. The maximum Gasteiger partial charge on any atom is 0.220 e. The van der Waals surface area contributed by atoms with Crippen molar-refractivity contribution in [2.75, 3.05) is 6.61 Å². The number of hydrogen-bond donors (Lipinski definition) is 3. The van der Waals surface area contributed by atoms with E-state index in [4.69, 9.17) is 0 Å². The number of aliphatic hydroxyl groups is 2. The molecule has 0 saturated heterocycles. The Bertz CT molecular complexity index is 825. The second kappa shape index (κ2) is 49.2. The van der Waals surface area contributed by atoms with Gasteiger partial charge < -0.3 is 15.5 Å². The third-order valence-electron chi connectivity index (χ3n) is 12.2. The van der Waals surface area contributed by atoms with Gasteiger partial charge in [-0.2, -0.15) is 0 Å². The van der Waals surface area contributed by atoms with Gasteiger partial charge in [0.25, 0.3) is 0 Å². The van der Waals surface area contributed by atoms with Gasteiger partial charge in [-0.25, -0.2) is 0 Å². The summed E-state index contributed by atoms with van der Waals surface area (Å²) >= 11 is 0. The summed E-state index contributed by atoms with van der Waals surface area (Å²) in [7, 11) is 0. The first-order valence-corrected chi connectivity index (χ1v) is 26.1. The molecule has 0 heterocycles. The van der Waals surface area contributed by atoms with Crippen LogP contribution in [-0.2, 0) is 4.79 Å². The predicted octanol–water partition coefficient (Wildman–Crippen LogP) is 16.8. The van der Waals surface area contributed by atoms with E-state index in [0.717, 1.165) is 38.5 Å². The monoisotopic (exact) mass is 802 g/mol. The molecule has 0 radical (unpaired) electrons. The average molecular weight is 802 g/mol. The summed E-state index contributed by atoms with van der Waals surface area (Å²) in [6.07, 6.45) is 64.8. The third kappa shape index (κ3) is 45.8. The molecule has 0 aliphatic heterocycles. The molecule has 57 heavy (non-hydrogen) atoms. The molecular formula is C53H103NO3. The third-order valence-corrected chi connectivity index (χ3v) is 12.2. The molecule has 2 atom stereocenters. The summed E-state index contributed by atoms with van der Waals surface area (Å²) < 4.78 is 0. The SMILES string of the molecule is CCCCC/C=C\CCCCCCCC(=O)NC(CO)C(O)/C=C/CCCCCCCCCCCCCCCCCCCCCCCCCCCCCCCCC. The summed E-state index contributed by atoms with van der Waals surface area (Å²) in [5.41, 5.74) is 0. The van der Waals surface area contributed by atoms with E-state index < -0.39 is 12.1 Å². The van der Waals surface area contributed by atoms with Gasteiger partial charge in [0.1, 0.15) is 0 Å². The topological polar surface area (TPSA) is 69.6 Å². The van der Waals surface area contributed by atoms with E-state index in [1.807, 2.05) is 6.08 Å². The highest BCUT2D eigenvalue weighted by molar-refractivity contribution is 5.76. The highest BCUT2D eigenvalue weighted by atomic mass is 16.3. The van der Waals surface area contributed by atoms with Crippen LogP contribution in [0.3, 0.4) is 0 Å². The van der Waals surface area contributed by atoms with Gasteiger partial charge >= 0.3 is 0 Å². The number of carbonyl (C=O) groups excluding carboxylic acids is 1. The zero-order valence-corrected chi connectivity index (χ0v) is 38.9. The number of amides is 1. The Morgan fingerprint density at radius 2 is 0.667 bits per heavy atom. The van der Waals surface area contributed by atoms with Crippen LogP contribution in [0, 0.1) is 0 Å². The summed E-state index contributed by atoms with van der Waals surface area (Å²) in [6, 6.07) is -0.624. The summed E-state index contributed by atoms with van der Waals surface area (Å²) in [6.45, 7) is 4.30. The Hall–Kier alpha value is -1.13. The number of rotatable bonds is 48. The van der Waals surface area contributed by atoms with Crippen LogP contribution in [0.4, 0.5) is 0 Å². The number of unbranched alkanes of at least 4 members (excludes halogenated alkanes) is 39. The number of hydrogen-bond acceptors (Lipinski definition) is 3. The molecule has 4 heteroatoms. The molecule has 0 saturated carbocycles. The van der Waals surface area contributed by atoms with Gasteiger partial charge in [-0.1, -0.05) is 263 Å². The van der Waals surface area contributed by atoms with Gasteiger partial charge in [-0.05, 0) is 44.9 Å². The fraction of sp³-hybridized carbons (Fsp3) is 0.906. The first-order chi connectivity index (χ1) is 28.2. The van der Waals surface area contributed by atoms with E-state index >= 15 is 0 Å². The van der Waals surface area contributed by atoms with Gasteiger partial charge in [-0.15, -0.1) is 0 Å². The van der Waals surface area contributed by atoms with Crippen molar-refractivity contribution >= 4 is 5.91 Å². The maximum atomic E-state index is 12.4. The van der Waals surface area contributed by atoms with Crippen molar-refractivity contribution < 1.29 is 15.0 Å². The van der Waals surface area contributed by atoms with Gasteiger partial charge in [0.2, 0.25) is 5.91 Å². The first kappa shape index (κ1) is 55.9. The molecule has 0 aromatic carbocycles. The zero-order valence-electron chi connectivity index (χ0n) is 38.9. The second-order valence-electron chi connectivity index (χ2n) is 17.9. The molecule has 4 nitrogen and oxygen atoms in total. The number of carbonyl (C=O) groups is 1. The Balaban J connectivity index is 3.41. The van der Waals surface area contributed by atoms with Crippen molar-refractivity contribution in [2.24, 2.45) is 0 Å². The molecule has 0 rings (SSSR count). The van der Waals surface area contributed by atoms with Gasteiger partial charge in [-0.3, -0.25) is 4.79 Å². The molecule has 0 aliphatic carbocycles. The minimum absolute atomic E-state index is 0.0716. The summed E-state index contributed by atoms with van der Waals surface area (Å²) in [5.74, 6) is -0.0716. The number of aliphatic hydroxyl groups excluding tert-OH is 2. The Morgan fingerprint density at radius 1 is 0.404 bits per heavy atom. The smallest absolute Gasteiger partial charge is 0.220 e. The molecule has 0 spiro atoms. The van der Waals surface area contributed by atoms with Crippen molar-refractivity contribution in [2.45, 2.75) is 302 Å². The lowest BCUT2D eigenvalue weighted by Gasteiger charge is -2.20. The highest BCUT2D eigenvalue weighted by Gasteiger charge is 2.18. The minimum atomic E-state index is -0.840. The second-order valence-corrected chi connectivity index (χ2v) is 17.9. The van der Waals surface area contributed by atoms with Crippen LogP contribution in [0.2, 0.25) is 0 Å². The van der Waals surface area contributed by atoms with E-state index in [2.05, 4.69) is 31.3 Å². The molecule has 0 bridgehead atoms. The lowest BCUT2D eigenvalue weighted by molar-refractivity contribution is -0.123. The normalized spacial score (nSPS) is 13.0. The van der Waals surface area contributed by atoms with Crippen molar-refractivity contribution in [1.29, 1.82) is 0 Å². The molecule has 338 valence electrons. The first-order valence-electron chi connectivity index (χ1n) is 26.1. The van der Waals surface area contributed by atoms with Crippen molar-refractivity contribution in [3.63, 3.8) is 0 Å². The van der Waals surface area contributed by atoms with Crippen LogP contribution in [-0.4, -0.2) is 34.9 Å².